The molecule has 30 heavy (non-hydrogen) atoms. The molecule has 7 nitrogen and oxygen atoms in total. The number of hydrogen-bond donors (Lipinski definition) is 2. The molecule has 1 amide bonds. The molecule has 0 bridgehead atoms. The molecule has 2 heterocycles. The summed E-state index contributed by atoms with van der Waals surface area (Å²) in [5.41, 5.74) is 0. The molecule has 0 aromatic heterocycles. The highest BCUT2D eigenvalue weighted by Crippen LogP contribution is 2.19. The zero-order chi connectivity index (χ0) is 21.0. The van der Waals surface area contributed by atoms with E-state index in [2.05, 4.69) is 22.5 Å². The highest BCUT2D eigenvalue weighted by atomic mass is 16.5. The molecule has 0 spiro atoms. The van der Waals surface area contributed by atoms with Gasteiger partial charge in [0.05, 0.1) is 25.4 Å². The molecular formula is C23H42N4O3. The SMILES string of the molecule is CCNC(=NCCC(=O)NC1CCCCC1)N1CCC(OCC2CCCCO2)CC1. The summed E-state index contributed by atoms with van der Waals surface area (Å²) in [5.74, 6) is 1.07. The Hall–Kier alpha value is -1.34. The Kier molecular flexibility index (Phi) is 10.2. The van der Waals surface area contributed by atoms with Gasteiger partial charge in [0.25, 0.3) is 0 Å². The quantitative estimate of drug-likeness (QED) is 0.465. The van der Waals surface area contributed by atoms with Crippen LogP contribution in [0.3, 0.4) is 0 Å². The van der Waals surface area contributed by atoms with E-state index in [4.69, 9.17) is 14.5 Å². The molecule has 7 heteroatoms. The van der Waals surface area contributed by atoms with Crippen molar-refractivity contribution in [2.45, 2.75) is 95.8 Å². The fourth-order valence-electron chi connectivity index (χ4n) is 4.65. The van der Waals surface area contributed by atoms with E-state index in [1.807, 2.05) is 0 Å². The van der Waals surface area contributed by atoms with Gasteiger partial charge < -0.3 is 25.0 Å². The van der Waals surface area contributed by atoms with Crippen LogP contribution in [0.4, 0.5) is 0 Å². The Morgan fingerprint density at radius 2 is 1.83 bits per heavy atom. The molecule has 2 saturated heterocycles. The number of aliphatic imine (C=N–C) groups is 1. The van der Waals surface area contributed by atoms with Crippen LogP contribution in [0, 0.1) is 0 Å². The highest BCUT2D eigenvalue weighted by molar-refractivity contribution is 5.81. The van der Waals surface area contributed by atoms with Crippen LogP contribution in [0.2, 0.25) is 0 Å². The Balaban J connectivity index is 1.36. The molecule has 0 radical (unpaired) electrons. The molecule has 2 N–H and O–H groups in total. The summed E-state index contributed by atoms with van der Waals surface area (Å²) in [6.45, 7) is 6.96. The predicted octanol–water partition coefficient (Wildman–Crippen LogP) is 2.84. The van der Waals surface area contributed by atoms with E-state index in [1.54, 1.807) is 0 Å². The first-order chi connectivity index (χ1) is 14.7. The van der Waals surface area contributed by atoms with E-state index in [0.29, 0.717) is 25.1 Å². The van der Waals surface area contributed by atoms with Gasteiger partial charge in [-0.2, -0.15) is 0 Å². The average molecular weight is 423 g/mol. The summed E-state index contributed by atoms with van der Waals surface area (Å²) in [4.78, 5) is 19.3. The molecule has 1 saturated carbocycles. The van der Waals surface area contributed by atoms with Crippen molar-refractivity contribution in [3.8, 4) is 0 Å². The van der Waals surface area contributed by atoms with Gasteiger partial charge in [-0.15, -0.1) is 0 Å². The number of hydrogen-bond acceptors (Lipinski definition) is 4. The van der Waals surface area contributed by atoms with Crippen molar-refractivity contribution >= 4 is 11.9 Å². The number of nitrogens with one attached hydrogen (secondary N) is 2. The van der Waals surface area contributed by atoms with Crippen LogP contribution in [0.15, 0.2) is 4.99 Å². The van der Waals surface area contributed by atoms with Gasteiger partial charge >= 0.3 is 0 Å². The third kappa shape index (κ3) is 8.06. The second kappa shape index (κ2) is 13.2. The normalized spacial score (nSPS) is 24.6. The van der Waals surface area contributed by atoms with Crippen molar-refractivity contribution in [2.75, 3.05) is 39.4 Å². The van der Waals surface area contributed by atoms with Crippen molar-refractivity contribution < 1.29 is 14.3 Å². The van der Waals surface area contributed by atoms with Crippen molar-refractivity contribution in [3.05, 3.63) is 0 Å². The second-order valence-corrected chi connectivity index (χ2v) is 8.90. The van der Waals surface area contributed by atoms with E-state index in [9.17, 15) is 4.79 Å². The molecule has 1 atom stereocenters. The molecular weight excluding hydrogens is 380 g/mol. The summed E-state index contributed by atoms with van der Waals surface area (Å²) in [7, 11) is 0. The van der Waals surface area contributed by atoms with Gasteiger partial charge in [0.15, 0.2) is 5.96 Å². The Morgan fingerprint density at radius 1 is 1.07 bits per heavy atom. The Labute approximate surface area is 182 Å². The van der Waals surface area contributed by atoms with Crippen LogP contribution in [-0.2, 0) is 14.3 Å². The molecule has 0 aromatic rings. The lowest BCUT2D eigenvalue weighted by atomic mass is 9.95. The fraction of sp³-hybridized carbons (Fsp3) is 0.913. The summed E-state index contributed by atoms with van der Waals surface area (Å²) >= 11 is 0. The number of nitrogens with zero attached hydrogens (tertiary/aromatic N) is 2. The topological polar surface area (TPSA) is 75.2 Å². The summed E-state index contributed by atoms with van der Waals surface area (Å²) in [6.07, 6.45) is 12.7. The molecule has 1 aliphatic carbocycles. The maximum atomic E-state index is 12.2. The maximum Gasteiger partial charge on any atom is 0.222 e. The standard InChI is InChI=1S/C23H42N4O3/c1-2-24-23(25-14-11-22(28)26-19-8-4-3-5-9-19)27-15-12-20(13-16-27)30-18-21-10-6-7-17-29-21/h19-21H,2-18H2,1H3,(H,24,25)(H,26,28). The third-order valence-electron chi connectivity index (χ3n) is 6.44. The Morgan fingerprint density at radius 3 is 2.53 bits per heavy atom. The van der Waals surface area contributed by atoms with Crippen LogP contribution >= 0.6 is 0 Å². The van der Waals surface area contributed by atoms with Crippen molar-refractivity contribution in [1.82, 2.24) is 15.5 Å². The zero-order valence-electron chi connectivity index (χ0n) is 18.9. The molecule has 3 fully saturated rings. The predicted molar refractivity (Wildman–Crippen MR) is 120 cm³/mol. The summed E-state index contributed by atoms with van der Waals surface area (Å²) in [6, 6.07) is 0.376. The number of guanidine groups is 1. The van der Waals surface area contributed by atoms with Gasteiger partial charge in [-0.05, 0) is 51.9 Å². The summed E-state index contributed by atoms with van der Waals surface area (Å²) < 4.78 is 11.9. The molecule has 0 aromatic carbocycles. The first-order valence-corrected chi connectivity index (χ1v) is 12.3. The van der Waals surface area contributed by atoms with E-state index >= 15 is 0 Å². The van der Waals surface area contributed by atoms with Crippen molar-refractivity contribution in [2.24, 2.45) is 4.99 Å². The number of amides is 1. The van der Waals surface area contributed by atoms with Crippen LogP contribution in [0.25, 0.3) is 0 Å². The first-order valence-electron chi connectivity index (χ1n) is 12.3. The molecule has 3 aliphatic rings. The summed E-state index contributed by atoms with van der Waals surface area (Å²) in [5, 5.41) is 6.57. The number of likely N-dealkylation sites (tertiary alicyclic amines) is 1. The lowest BCUT2D eigenvalue weighted by Gasteiger charge is -2.35. The van der Waals surface area contributed by atoms with E-state index in [0.717, 1.165) is 70.9 Å². The number of rotatable bonds is 8. The van der Waals surface area contributed by atoms with E-state index in [-0.39, 0.29) is 12.0 Å². The van der Waals surface area contributed by atoms with E-state index in [1.165, 1.54) is 32.1 Å². The minimum Gasteiger partial charge on any atom is -0.376 e. The van der Waals surface area contributed by atoms with Gasteiger partial charge in [-0.3, -0.25) is 9.79 Å². The van der Waals surface area contributed by atoms with Gasteiger partial charge in [0, 0.05) is 38.7 Å². The lowest BCUT2D eigenvalue weighted by Crippen LogP contribution is -2.47. The lowest BCUT2D eigenvalue weighted by molar-refractivity contribution is -0.121. The zero-order valence-corrected chi connectivity index (χ0v) is 18.9. The number of ether oxygens (including phenoxy) is 2. The van der Waals surface area contributed by atoms with Crippen LogP contribution in [-0.4, -0.2) is 74.4 Å². The fourth-order valence-corrected chi connectivity index (χ4v) is 4.65. The van der Waals surface area contributed by atoms with Crippen molar-refractivity contribution in [3.63, 3.8) is 0 Å². The second-order valence-electron chi connectivity index (χ2n) is 8.90. The minimum atomic E-state index is 0.138. The maximum absolute atomic E-state index is 12.2. The minimum absolute atomic E-state index is 0.138. The monoisotopic (exact) mass is 422 g/mol. The number of piperidine rings is 1. The number of carbonyl (C=O) groups is 1. The van der Waals surface area contributed by atoms with Gasteiger partial charge in [-0.25, -0.2) is 0 Å². The average Bonchev–Trinajstić information content (AvgIpc) is 2.79. The van der Waals surface area contributed by atoms with Crippen LogP contribution in [0.5, 0.6) is 0 Å². The van der Waals surface area contributed by atoms with Gasteiger partial charge in [-0.1, -0.05) is 19.3 Å². The molecule has 2 aliphatic heterocycles. The smallest absolute Gasteiger partial charge is 0.222 e. The van der Waals surface area contributed by atoms with E-state index < -0.39 is 0 Å². The third-order valence-corrected chi connectivity index (χ3v) is 6.44. The van der Waals surface area contributed by atoms with Gasteiger partial charge in [0.2, 0.25) is 5.91 Å². The highest BCUT2D eigenvalue weighted by Gasteiger charge is 2.24. The van der Waals surface area contributed by atoms with Crippen LogP contribution < -0.4 is 10.6 Å². The Bertz CT molecular complexity index is 523. The molecule has 172 valence electrons. The first kappa shape index (κ1) is 23.3. The largest absolute Gasteiger partial charge is 0.376 e. The number of carbonyl (C=O) groups excluding carboxylic acids is 1. The van der Waals surface area contributed by atoms with Gasteiger partial charge in [0.1, 0.15) is 0 Å². The van der Waals surface area contributed by atoms with Crippen molar-refractivity contribution in [1.29, 1.82) is 0 Å². The molecule has 3 rings (SSSR count). The molecule has 1 unspecified atom stereocenters. The van der Waals surface area contributed by atoms with Crippen LogP contribution in [0.1, 0.15) is 77.6 Å².